The predicted octanol–water partition coefficient (Wildman–Crippen LogP) is 2.12. The number of nitrogens with zero attached hydrogens (tertiary/aromatic N) is 3. The molecule has 2 heterocycles. The molecule has 2 unspecified atom stereocenters. The van der Waals surface area contributed by atoms with E-state index in [1.54, 1.807) is 0 Å². The number of aliphatic imine (C=N–C) groups is 1. The minimum Gasteiger partial charge on any atom is -0.356 e. The van der Waals surface area contributed by atoms with Crippen molar-refractivity contribution in [3.63, 3.8) is 0 Å². The van der Waals surface area contributed by atoms with E-state index in [9.17, 15) is 0 Å². The quantitative estimate of drug-likeness (QED) is 0.547. The number of thiophene rings is 1. The molecule has 0 aromatic carbocycles. The Bertz CT molecular complexity index is 494. The van der Waals surface area contributed by atoms with Crippen LogP contribution >= 0.6 is 11.3 Å². The molecule has 0 radical (unpaired) electrons. The Morgan fingerprint density at radius 1 is 1.20 bits per heavy atom. The van der Waals surface area contributed by atoms with Crippen LogP contribution in [0.25, 0.3) is 0 Å². The van der Waals surface area contributed by atoms with Crippen LogP contribution < -0.4 is 10.6 Å². The predicted molar refractivity (Wildman–Crippen MR) is 110 cm³/mol. The van der Waals surface area contributed by atoms with Gasteiger partial charge in [-0.1, -0.05) is 19.9 Å². The molecule has 1 aromatic rings. The van der Waals surface area contributed by atoms with Gasteiger partial charge in [0.1, 0.15) is 0 Å². The van der Waals surface area contributed by atoms with Crippen molar-refractivity contribution in [1.29, 1.82) is 0 Å². The van der Waals surface area contributed by atoms with E-state index in [-0.39, 0.29) is 0 Å². The summed E-state index contributed by atoms with van der Waals surface area (Å²) in [6, 6.07) is 4.87. The molecule has 2 N–H and O–H groups in total. The first kappa shape index (κ1) is 20.2. The van der Waals surface area contributed by atoms with Gasteiger partial charge in [0.25, 0.3) is 0 Å². The number of likely N-dealkylation sites (N-methyl/N-ethyl adjacent to an activating group) is 1. The highest BCUT2D eigenvalue weighted by Gasteiger charge is 2.20. The lowest BCUT2D eigenvalue weighted by Crippen LogP contribution is -2.53. The van der Waals surface area contributed by atoms with Crippen molar-refractivity contribution in [2.75, 3.05) is 52.9 Å². The third-order valence-corrected chi connectivity index (χ3v) is 5.91. The molecule has 0 aliphatic carbocycles. The van der Waals surface area contributed by atoms with E-state index in [2.05, 4.69) is 63.7 Å². The number of rotatable bonds is 8. The van der Waals surface area contributed by atoms with Gasteiger partial charge in [-0.15, -0.1) is 11.3 Å². The van der Waals surface area contributed by atoms with Crippen LogP contribution in [0.3, 0.4) is 0 Å². The number of hydrogen-bond acceptors (Lipinski definition) is 4. The molecule has 5 nitrogen and oxygen atoms in total. The van der Waals surface area contributed by atoms with Gasteiger partial charge in [-0.05, 0) is 37.3 Å². The van der Waals surface area contributed by atoms with Crippen molar-refractivity contribution in [2.45, 2.75) is 33.2 Å². The molecular weight excluding hydrogens is 330 g/mol. The smallest absolute Gasteiger partial charge is 0.191 e. The Kier molecular flexibility index (Phi) is 8.72. The van der Waals surface area contributed by atoms with E-state index in [4.69, 9.17) is 0 Å². The van der Waals surface area contributed by atoms with Crippen molar-refractivity contribution in [3.8, 4) is 0 Å². The highest BCUT2D eigenvalue weighted by molar-refractivity contribution is 7.09. The van der Waals surface area contributed by atoms with Crippen LogP contribution in [0.1, 0.15) is 25.6 Å². The standard InChI is InChI=1S/C19H35N5S/c1-5-23-8-10-24(11-9-23)17(3)15-22-19(20-4)21-14-16(2)13-18-7-6-12-25-18/h6-7,12,16-17H,5,8-11,13-15H2,1-4H3,(H2,20,21,22). The number of nitrogens with one attached hydrogen (secondary N) is 2. The van der Waals surface area contributed by atoms with Crippen LogP contribution in [0.15, 0.2) is 22.5 Å². The summed E-state index contributed by atoms with van der Waals surface area (Å²) >= 11 is 1.84. The van der Waals surface area contributed by atoms with Gasteiger partial charge in [0.15, 0.2) is 5.96 Å². The van der Waals surface area contributed by atoms with Crippen LogP contribution in [-0.2, 0) is 6.42 Å². The van der Waals surface area contributed by atoms with Crippen LogP contribution in [0.4, 0.5) is 0 Å². The summed E-state index contributed by atoms with van der Waals surface area (Å²) in [5.74, 6) is 1.51. The normalized spacial score (nSPS) is 19.6. The molecule has 25 heavy (non-hydrogen) atoms. The third-order valence-electron chi connectivity index (χ3n) is 5.01. The molecule has 1 aliphatic heterocycles. The monoisotopic (exact) mass is 365 g/mol. The summed E-state index contributed by atoms with van der Waals surface area (Å²) < 4.78 is 0. The van der Waals surface area contributed by atoms with Gasteiger partial charge in [-0.2, -0.15) is 0 Å². The largest absolute Gasteiger partial charge is 0.356 e. The van der Waals surface area contributed by atoms with E-state index < -0.39 is 0 Å². The Labute approximate surface area is 157 Å². The number of hydrogen-bond donors (Lipinski definition) is 2. The maximum atomic E-state index is 4.37. The van der Waals surface area contributed by atoms with E-state index in [0.29, 0.717) is 12.0 Å². The summed E-state index contributed by atoms with van der Waals surface area (Å²) in [5.41, 5.74) is 0. The van der Waals surface area contributed by atoms with Crippen molar-refractivity contribution in [3.05, 3.63) is 22.4 Å². The summed E-state index contributed by atoms with van der Waals surface area (Å²) in [4.78, 5) is 10.9. The van der Waals surface area contributed by atoms with E-state index >= 15 is 0 Å². The second-order valence-corrected chi connectivity index (χ2v) is 8.07. The highest BCUT2D eigenvalue weighted by Crippen LogP contribution is 2.13. The van der Waals surface area contributed by atoms with Gasteiger partial charge in [-0.3, -0.25) is 9.89 Å². The molecular formula is C19H35N5S. The topological polar surface area (TPSA) is 42.9 Å². The van der Waals surface area contributed by atoms with Crippen molar-refractivity contribution in [2.24, 2.45) is 10.9 Å². The molecule has 142 valence electrons. The highest BCUT2D eigenvalue weighted by atomic mass is 32.1. The molecule has 1 aliphatic rings. The van der Waals surface area contributed by atoms with E-state index in [1.165, 1.54) is 37.6 Å². The average Bonchev–Trinajstić information content (AvgIpc) is 3.14. The lowest BCUT2D eigenvalue weighted by Gasteiger charge is -2.37. The molecule has 1 fully saturated rings. The Hall–Kier alpha value is -1.11. The van der Waals surface area contributed by atoms with Gasteiger partial charge < -0.3 is 15.5 Å². The van der Waals surface area contributed by atoms with Crippen LogP contribution in [-0.4, -0.2) is 74.7 Å². The van der Waals surface area contributed by atoms with E-state index in [0.717, 1.165) is 25.5 Å². The lowest BCUT2D eigenvalue weighted by atomic mass is 10.1. The second-order valence-electron chi connectivity index (χ2n) is 7.04. The molecule has 2 rings (SSSR count). The maximum absolute atomic E-state index is 4.37. The van der Waals surface area contributed by atoms with Gasteiger partial charge in [0.05, 0.1) is 0 Å². The van der Waals surface area contributed by atoms with E-state index in [1.807, 2.05) is 18.4 Å². The zero-order valence-electron chi connectivity index (χ0n) is 16.3. The average molecular weight is 366 g/mol. The van der Waals surface area contributed by atoms with Crippen molar-refractivity contribution >= 4 is 17.3 Å². The summed E-state index contributed by atoms with van der Waals surface area (Å²) in [7, 11) is 1.85. The van der Waals surface area contributed by atoms with Crippen molar-refractivity contribution < 1.29 is 0 Å². The third kappa shape index (κ3) is 6.96. The minimum atomic E-state index is 0.529. The first-order chi connectivity index (χ1) is 12.1. The molecule has 0 saturated carbocycles. The lowest BCUT2D eigenvalue weighted by molar-refractivity contribution is 0.107. The fourth-order valence-electron chi connectivity index (χ4n) is 3.23. The van der Waals surface area contributed by atoms with Gasteiger partial charge in [0.2, 0.25) is 0 Å². The minimum absolute atomic E-state index is 0.529. The molecule has 0 amide bonds. The fraction of sp³-hybridized carbons (Fsp3) is 0.737. The maximum Gasteiger partial charge on any atom is 0.191 e. The summed E-state index contributed by atoms with van der Waals surface area (Å²) in [6.45, 7) is 14.6. The Balaban J connectivity index is 1.65. The number of piperazine rings is 1. The molecule has 6 heteroatoms. The molecule has 2 atom stereocenters. The summed E-state index contributed by atoms with van der Waals surface area (Å²) in [6.07, 6.45) is 1.12. The first-order valence-electron chi connectivity index (χ1n) is 9.55. The zero-order valence-corrected chi connectivity index (χ0v) is 17.1. The summed E-state index contributed by atoms with van der Waals surface area (Å²) in [5, 5.41) is 9.12. The molecule has 0 bridgehead atoms. The van der Waals surface area contributed by atoms with Gasteiger partial charge in [-0.25, -0.2) is 0 Å². The molecule has 1 saturated heterocycles. The molecule has 1 aromatic heterocycles. The Morgan fingerprint density at radius 2 is 1.92 bits per heavy atom. The van der Waals surface area contributed by atoms with Crippen LogP contribution in [0.5, 0.6) is 0 Å². The van der Waals surface area contributed by atoms with Crippen LogP contribution in [0, 0.1) is 5.92 Å². The Morgan fingerprint density at radius 3 is 2.52 bits per heavy atom. The zero-order chi connectivity index (χ0) is 18.1. The number of guanidine groups is 1. The van der Waals surface area contributed by atoms with Gasteiger partial charge >= 0.3 is 0 Å². The second kappa shape index (κ2) is 10.8. The first-order valence-corrected chi connectivity index (χ1v) is 10.4. The fourth-order valence-corrected chi connectivity index (χ4v) is 4.10. The molecule has 0 spiro atoms. The SMILES string of the molecule is CCN1CCN(C(C)CNC(=NC)NCC(C)Cc2cccs2)CC1. The van der Waals surface area contributed by atoms with Crippen LogP contribution in [0.2, 0.25) is 0 Å². The van der Waals surface area contributed by atoms with Crippen molar-refractivity contribution in [1.82, 2.24) is 20.4 Å². The van der Waals surface area contributed by atoms with Gasteiger partial charge in [0, 0.05) is 57.2 Å².